The van der Waals surface area contributed by atoms with Gasteiger partial charge in [0.15, 0.2) is 0 Å². The zero-order chi connectivity index (χ0) is 45.1. The number of aromatic nitrogens is 2. The Kier molecular flexibility index (Phi) is 12.7. The van der Waals surface area contributed by atoms with E-state index in [-0.39, 0.29) is 29.8 Å². The fourth-order valence-electron chi connectivity index (χ4n) is 9.04. The standard InChI is InChI=1S/C51H57N7O6/c1-31(2)44(55-49(61)63-6)47(59)58-25-11-15-43(58)46-53-30-41(54-46)38-23-22-36-26-35(20-21-37(36)27-38)32-16-18-33(19-17-32)39-28-40(52-29-39)42-14-10-24-57(42)48(60)45(34-12-8-7-9-13-34)56-50(62)64-51(3,4)5/h7-9,12-13,16-23,26-27,29-31,42-45H,10-11,14-15,24-25,28H2,1-6H3,(H,53,54)(H,55,61)(H,56,62)/t42-,43-,44-,45+/m0/s1. The lowest BCUT2D eigenvalue weighted by molar-refractivity contribution is -0.135. The molecule has 4 aromatic carbocycles. The first-order valence-electron chi connectivity index (χ1n) is 22.2. The Labute approximate surface area is 374 Å². The Hall–Kier alpha value is -6.76. The van der Waals surface area contributed by atoms with Crippen LogP contribution in [-0.2, 0) is 19.1 Å². The number of hydrogen-bond acceptors (Lipinski definition) is 8. The molecule has 4 atom stereocenters. The molecule has 1 aromatic heterocycles. The average Bonchev–Trinajstić information content (AvgIpc) is 4.13. The predicted molar refractivity (Wildman–Crippen MR) is 248 cm³/mol. The lowest BCUT2D eigenvalue weighted by Gasteiger charge is -2.30. The summed E-state index contributed by atoms with van der Waals surface area (Å²) < 4.78 is 10.3. The van der Waals surface area contributed by atoms with Crippen molar-refractivity contribution in [1.82, 2.24) is 30.4 Å². The van der Waals surface area contributed by atoms with Crippen molar-refractivity contribution < 1.29 is 28.7 Å². The summed E-state index contributed by atoms with van der Waals surface area (Å²) in [6, 6.07) is 28.7. The van der Waals surface area contributed by atoms with Crippen LogP contribution in [0.1, 0.15) is 95.8 Å². The second-order valence-corrected chi connectivity index (χ2v) is 18.2. The summed E-state index contributed by atoms with van der Waals surface area (Å²) in [5, 5.41) is 7.76. The molecule has 8 rings (SSSR count). The Morgan fingerprint density at radius 1 is 0.750 bits per heavy atom. The molecule has 2 saturated heterocycles. The molecule has 5 aromatic rings. The molecular weight excluding hydrogens is 807 g/mol. The van der Waals surface area contributed by atoms with E-state index in [1.54, 1.807) is 20.8 Å². The molecule has 0 unspecified atom stereocenters. The fraction of sp³-hybridized carbons (Fsp3) is 0.373. The lowest BCUT2D eigenvalue weighted by Crippen LogP contribution is -2.51. The number of allylic oxidation sites excluding steroid dienone is 1. The Bertz CT molecular complexity index is 2590. The van der Waals surface area contributed by atoms with Crippen molar-refractivity contribution in [2.24, 2.45) is 10.9 Å². The van der Waals surface area contributed by atoms with E-state index < -0.39 is 29.9 Å². The maximum absolute atomic E-state index is 14.2. The number of methoxy groups -OCH3 is 1. The number of ether oxygens (including phenoxy) is 2. The molecule has 4 amide bonds. The van der Waals surface area contributed by atoms with Crippen LogP contribution in [0.5, 0.6) is 0 Å². The summed E-state index contributed by atoms with van der Waals surface area (Å²) in [4.78, 5) is 69.5. The summed E-state index contributed by atoms with van der Waals surface area (Å²) in [7, 11) is 1.29. The average molecular weight is 864 g/mol. The lowest BCUT2D eigenvalue weighted by atomic mass is 9.95. The molecule has 0 bridgehead atoms. The first-order chi connectivity index (χ1) is 30.8. The number of aliphatic imine (C=N–C) groups is 1. The van der Waals surface area contributed by atoms with Crippen molar-refractivity contribution in [3.63, 3.8) is 0 Å². The first kappa shape index (κ1) is 43.9. The predicted octanol–water partition coefficient (Wildman–Crippen LogP) is 9.38. The molecular formula is C51H57N7O6. The summed E-state index contributed by atoms with van der Waals surface area (Å²) in [6.45, 7) is 10.4. The monoisotopic (exact) mass is 863 g/mol. The van der Waals surface area contributed by atoms with Gasteiger partial charge in [-0.05, 0) is 103 Å². The van der Waals surface area contributed by atoms with Gasteiger partial charge in [-0.15, -0.1) is 0 Å². The third-order valence-electron chi connectivity index (χ3n) is 12.3. The van der Waals surface area contributed by atoms with E-state index in [1.165, 1.54) is 7.11 Å². The highest BCUT2D eigenvalue weighted by atomic mass is 16.6. The van der Waals surface area contributed by atoms with Crippen LogP contribution in [-0.4, -0.2) is 87.4 Å². The van der Waals surface area contributed by atoms with Gasteiger partial charge in [-0.3, -0.25) is 14.6 Å². The van der Waals surface area contributed by atoms with Crippen LogP contribution >= 0.6 is 0 Å². The number of alkyl carbamates (subject to hydrolysis) is 2. The topological polar surface area (TPSA) is 158 Å². The van der Waals surface area contributed by atoms with Crippen LogP contribution in [0.3, 0.4) is 0 Å². The maximum Gasteiger partial charge on any atom is 0.408 e. The van der Waals surface area contributed by atoms with Crippen molar-refractivity contribution in [2.45, 2.75) is 96.5 Å². The molecule has 13 heteroatoms. The third-order valence-corrected chi connectivity index (χ3v) is 12.3. The van der Waals surface area contributed by atoms with Crippen LogP contribution in [0, 0.1) is 5.92 Å². The van der Waals surface area contributed by atoms with Crippen LogP contribution in [0.25, 0.3) is 38.7 Å². The minimum Gasteiger partial charge on any atom is -0.453 e. The van der Waals surface area contributed by atoms with Crippen LogP contribution in [0.4, 0.5) is 9.59 Å². The number of fused-ring (bicyclic) bond motifs is 1. The quantitative estimate of drug-likeness (QED) is 0.119. The number of nitrogens with one attached hydrogen (secondary N) is 3. The number of amides is 4. The van der Waals surface area contributed by atoms with E-state index in [0.717, 1.165) is 81.5 Å². The number of nitrogens with zero attached hydrogens (tertiary/aromatic N) is 4. The number of likely N-dealkylation sites (tertiary alicyclic amines) is 2. The SMILES string of the molecule is COC(=O)N[C@H](C(=O)N1CCC[C@H]1c1ncc(-c2ccc3cc(-c4ccc(C5=CN=C([C@@H]6CCCN6C(=O)[C@H](NC(=O)OC(C)(C)C)c6ccccc6)C5)cc4)ccc3c2)[nH]1)C(C)C. The second-order valence-electron chi connectivity index (χ2n) is 18.2. The minimum atomic E-state index is -0.878. The first-order valence-corrected chi connectivity index (χ1v) is 22.2. The second kappa shape index (κ2) is 18.5. The Morgan fingerprint density at radius 3 is 2.05 bits per heavy atom. The molecule has 332 valence electrons. The van der Waals surface area contributed by atoms with Crippen LogP contribution < -0.4 is 10.6 Å². The van der Waals surface area contributed by atoms with Gasteiger partial charge in [0.2, 0.25) is 11.8 Å². The van der Waals surface area contributed by atoms with Gasteiger partial charge in [-0.2, -0.15) is 0 Å². The van der Waals surface area contributed by atoms with Gasteiger partial charge in [-0.1, -0.05) is 92.7 Å². The summed E-state index contributed by atoms with van der Waals surface area (Å²) in [6.07, 6.45) is 6.43. The largest absolute Gasteiger partial charge is 0.453 e. The zero-order valence-corrected chi connectivity index (χ0v) is 37.4. The molecule has 4 heterocycles. The number of benzene rings is 4. The normalized spacial score (nSPS) is 18.4. The van der Waals surface area contributed by atoms with Gasteiger partial charge >= 0.3 is 12.2 Å². The molecule has 3 N–H and O–H groups in total. The van der Waals surface area contributed by atoms with Crippen LogP contribution in [0.15, 0.2) is 108 Å². The highest BCUT2D eigenvalue weighted by Gasteiger charge is 2.39. The van der Waals surface area contributed by atoms with Gasteiger partial charge in [0.25, 0.3) is 0 Å². The van der Waals surface area contributed by atoms with E-state index in [9.17, 15) is 19.2 Å². The highest BCUT2D eigenvalue weighted by Crippen LogP contribution is 2.36. The fourth-order valence-corrected chi connectivity index (χ4v) is 9.04. The maximum atomic E-state index is 14.2. The summed E-state index contributed by atoms with van der Waals surface area (Å²) >= 11 is 0. The summed E-state index contributed by atoms with van der Waals surface area (Å²) in [5.41, 5.74) is 7.21. The van der Waals surface area contributed by atoms with Crippen molar-refractivity contribution in [2.75, 3.05) is 20.2 Å². The number of H-pyrrole nitrogens is 1. The van der Waals surface area contributed by atoms with E-state index in [0.29, 0.717) is 25.1 Å². The zero-order valence-electron chi connectivity index (χ0n) is 37.4. The molecule has 3 aliphatic heterocycles. The molecule has 0 saturated carbocycles. The molecule has 0 radical (unpaired) electrons. The number of carbonyl (C=O) groups excluding carboxylic acids is 4. The van der Waals surface area contributed by atoms with Gasteiger partial charge in [0.1, 0.15) is 23.5 Å². The van der Waals surface area contributed by atoms with E-state index in [2.05, 4.69) is 76.3 Å². The molecule has 0 aliphatic carbocycles. The van der Waals surface area contributed by atoms with Crippen molar-refractivity contribution in [3.8, 4) is 22.4 Å². The Balaban J connectivity index is 0.910. The van der Waals surface area contributed by atoms with E-state index in [1.807, 2.05) is 66.4 Å². The van der Waals surface area contributed by atoms with Crippen molar-refractivity contribution in [1.29, 1.82) is 0 Å². The number of aromatic amines is 1. The number of rotatable bonds is 11. The molecule has 2 fully saturated rings. The third kappa shape index (κ3) is 9.58. The van der Waals surface area contributed by atoms with Gasteiger partial charge in [0.05, 0.1) is 31.1 Å². The molecule has 3 aliphatic rings. The van der Waals surface area contributed by atoms with Gasteiger partial charge < -0.3 is 34.9 Å². The Morgan fingerprint density at radius 2 is 1.38 bits per heavy atom. The van der Waals surface area contributed by atoms with E-state index in [4.69, 9.17) is 19.5 Å². The van der Waals surface area contributed by atoms with Gasteiger partial charge in [0, 0.05) is 37.0 Å². The minimum absolute atomic E-state index is 0.107. The highest BCUT2D eigenvalue weighted by molar-refractivity contribution is 6.04. The number of imidazole rings is 1. The molecule has 64 heavy (non-hydrogen) atoms. The van der Waals surface area contributed by atoms with Crippen molar-refractivity contribution >= 4 is 46.1 Å². The molecule has 0 spiro atoms. The van der Waals surface area contributed by atoms with Gasteiger partial charge in [-0.25, -0.2) is 14.6 Å². The smallest absolute Gasteiger partial charge is 0.408 e. The molecule has 13 nitrogen and oxygen atoms in total. The number of carbonyl (C=O) groups is 4. The summed E-state index contributed by atoms with van der Waals surface area (Å²) in [5.74, 6) is 0.316. The van der Waals surface area contributed by atoms with Crippen LogP contribution in [0.2, 0.25) is 0 Å². The van der Waals surface area contributed by atoms with E-state index >= 15 is 0 Å². The van der Waals surface area contributed by atoms with Crippen molar-refractivity contribution in [3.05, 3.63) is 120 Å². The number of hydrogen-bond donors (Lipinski definition) is 3.